The van der Waals surface area contributed by atoms with Gasteiger partial charge in [0, 0.05) is 43.9 Å². The van der Waals surface area contributed by atoms with Gasteiger partial charge in [0.2, 0.25) is 0 Å². The lowest BCUT2D eigenvalue weighted by molar-refractivity contribution is 0.669. The fourth-order valence-electron chi connectivity index (χ4n) is 4.51. The van der Waals surface area contributed by atoms with E-state index in [2.05, 4.69) is 70.6 Å². The highest BCUT2D eigenvalue weighted by Gasteiger charge is 2.14. The van der Waals surface area contributed by atoms with E-state index < -0.39 is 0 Å². The summed E-state index contributed by atoms with van der Waals surface area (Å²) in [6.45, 7) is 0. The van der Waals surface area contributed by atoms with Gasteiger partial charge in [0.15, 0.2) is 0 Å². The van der Waals surface area contributed by atoms with Crippen molar-refractivity contribution in [3.63, 3.8) is 0 Å². The van der Waals surface area contributed by atoms with E-state index in [1.807, 2.05) is 12.1 Å². The summed E-state index contributed by atoms with van der Waals surface area (Å²) in [5.41, 5.74) is 6.42. The van der Waals surface area contributed by atoms with Gasteiger partial charge in [-0.3, -0.25) is 0 Å². The van der Waals surface area contributed by atoms with E-state index in [9.17, 15) is 0 Å². The van der Waals surface area contributed by atoms with Gasteiger partial charge in [-0.25, -0.2) is 0 Å². The molecular formula is C24H14N2O. The van der Waals surface area contributed by atoms with Crippen LogP contribution in [0.1, 0.15) is 0 Å². The smallest absolute Gasteiger partial charge is 0.137 e. The van der Waals surface area contributed by atoms with Crippen LogP contribution in [0.3, 0.4) is 0 Å². The van der Waals surface area contributed by atoms with Crippen molar-refractivity contribution < 1.29 is 4.42 Å². The maximum Gasteiger partial charge on any atom is 0.137 e. The average molecular weight is 346 g/mol. The van der Waals surface area contributed by atoms with Gasteiger partial charge in [0.25, 0.3) is 0 Å². The first-order valence-corrected chi connectivity index (χ1v) is 9.13. The summed E-state index contributed by atoms with van der Waals surface area (Å²) in [4.78, 5) is 7.22. The van der Waals surface area contributed by atoms with Gasteiger partial charge in [-0.2, -0.15) is 0 Å². The molecular weight excluding hydrogens is 332 g/mol. The van der Waals surface area contributed by atoms with Crippen molar-refractivity contribution in [1.29, 1.82) is 0 Å². The van der Waals surface area contributed by atoms with E-state index in [1.165, 1.54) is 27.1 Å². The first-order valence-electron chi connectivity index (χ1n) is 9.13. The van der Waals surface area contributed by atoms with Crippen molar-refractivity contribution in [2.24, 2.45) is 0 Å². The van der Waals surface area contributed by atoms with E-state index in [1.54, 1.807) is 0 Å². The molecule has 3 heterocycles. The van der Waals surface area contributed by atoms with E-state index in [4.69, 9.17) is 4.42 Å². The number of benzene rings is 4. The van der Waals surface area contributed by atoms with Crippen LogP contribution in [0.2, 0.25) is 0 Å². The number of furan rings is 1. The Hall–Kier alpha value is -3.72. The zero-order chi connectivity index (χ0) is 17.5. The second-order valence-electron chi connectivity index (χ2n) is 7.20. The highest BCUT2D eigenvalue weighted by Crippen LogP contribution is 2.38. The summed E-state index contributed by atoms with van der Waals surface area (Å²) in [6.07, 6.45) is 0. The van der Waals surface area contributed by atoms with E-state index in [-0.39, 0.29) is 0 Å². The zero-order valence-corrected chi connectivity index (χ0v) is 14.3. The van der Waals surface area contributed by atoms with Crippen molar-refractivity contribution in [1.82, 2.24) is 9.97 Å². The van der Waals surface area contributed by atoms with Crippen LogP contribution < -0.4 is 0 Å². The summed E-state index contributed by atoms with van der Waals surface area (Å²) in [6, 6.07) is 25.5. The van der Waals surface area contributed by atoms with Crippen molar-refractivity contribution >= 4 is 65.6 Å². The quantitative estimate of drug-likeness (QED) is 0.310. The molecule has 3 heteroatoms. The highest BCUT2D eigenvalue weighted by atomic mass is 16.3. The fraction of sp³-hybridized carbons (Fsp3) is 0. The Bertz CT molecular complexity index is 1680. The topological polar surface area (TPSA) is 44.7 Å². The lowest BCUT2D eigenvalue weighted by Crippen LogP contribution is -1.72. The first-order chi connectivity index (χ1) is 13.4. The number of H-pyrrole nitrogens is 2. The predicted octanol–water partition coefficient (Wildman–Crippen LogP) is 6.86. The molecule has 7 aromatic rings. The van der Waals surface area contributed by atoms with Crippen molar-refractivity contribution in [3.8, 4) is 0 Å². The van der Waals surface area contributed by atoms with Crippen LogP contribution in [0.15, 0.2) is 77.2 Å². The van der Waals surface area contributed by atoms with Crippen LogP contribution in [0.25, 0.3) is 65.6 Å². The largest absolute Gasteiger partial charge is 0.456 e. The van der Waals surface area contributed by atoms with Gasteiger partial charge in [-0.1, -0.05) is 48.5 Å². The number of nitrogens with one attached hydrogen (secondary N) is 2. The molecule has 0 atom stereocenters. The molecule has 0 amide bonds. The Kier molecular flexibility index (Phi) is 2.25. The molecule has 7 rings (SSSR count). The van der Waals surface area contributed by atoms with E-state index in [0.717, 1.165) is 38.5 Å². The van der Waals surface area contributed by atoms with Crippen molar-refractivity contribution in [2.45, 2.75) is 0 Å². The Labute approximate surface area is 153 Å². The molecule has 2 N–H and O–H groups in total. The number of aromatic amines is 2. The average Bonchev–Trinajstić information content (AvgIpc) is 3.36. The third-order valence-electron chi connectivity index (χ3n) is 5.75. The van der Waals surface area contributed by atoms with Gasteiger partial charge in [0.05, 0.1) is 16.6 Å². The van der Waals surface area contributed by atoms with Gasteiger partial charge >= 0.3 is 0 Å². The minimum absolute atomic E-state index is 0.920. The molecule has 126 valence electrons. The van der Waals surface area contributed by atoms with Crippen LogP contribution in [-0.2, 0) is 0 Å². The predicted molar refractivity (Wildman–Crippen MR) is 112 cm³/mol. The van der Waals surface area contributed by atoms with Crippen molar-refractivity contribution in [2.75, 3.05) is 0 Å². The number of para-hydroxylation sites is 2. The molecule has 0 aliphatic heterocycles. The van der Waals surface area contributed by atoms with Gasteiger partial charge in [-0.05, 0) is 18.2 Å². The monoisotopic (exact) mass is 346 g/mol. The van der Waals surface area contributed by atoms with Gasteiger partial charge < -0.3 is 14.4 Å². The molecule has 0 aliphatic carbocycles. The minimum Gasteiger partial charge on any atom is -0.456 e. The maximum absolute atomic E-state index is 6.06. The highest BCUT2D eigenvalue weighted by molar-refractivity contribution is 6.23. The molecule has 3 aromatic heterocycles. The second-order valence-corrected chi connectivity index (χ2v) is 7.20. The summed E-state index contributed by atoms with van der Waals surface area (Å²) in [5.74, 6) is 0. The SMILES string of the molecule is c1ccc2c(c1)[nH]c1c2ccc2c3cc4c(cc3[nH]c21)oc1ccccc14. The number of hydrogen-bond donors (Lipinski definition) is 2. The molecule has 0 aliphatic rings. The molecule has 0 radical (unpaired) electrons. The van der Waals surface area contributed by atoms with Crippen LogP contribution >= 0.6 is 0 Å². The summed E-state index contributed by atoms with van der Waals surface area (Å²) in [7, 11) is 0. The number of hydrogen-bond acceptors (Lipinski definition) is 1. The summed E-state index contributed by atoms with van der Waals surface area (Å²) in [5, 5.41) is 7.29. The number of aromatic nitrogens is 2. The molecule has 27 heavy (non-hydrogen) atoms. The third kappa shape index (κ3) is 1.62. The van der Waals surface area contributed by atoms with Crippen LogP contribution in [0.5, 0.6) is 0 Å². The lowest BCUT2D eigenvalue weighted by atomic mass is 10.1. The van der Waals surface area contributed by atoms with Crippen LogP contribution in [0.4, 0.5) is 0 Å². The molecule has 0 saturated carbocycles. The molecule has 0 spiro atoms. The Morgan fingerprint density at radius 3 is 2.07 bits per heavy atom. The first kappa shape index (κ1) is 13.5. The minimum atomic E-state index is 0.920. The molecule has 0 fully saturated rings. The standard InChI is InChI=1S/C24H14N2O/c1-3-7-19-13(5-1)15-9-10-16-17-11-18-14-6-2-4-8-21(14)27-22(18)12-20(17)26-24(16)23(15)25-19/h1-12,25-26H. The maximum atomic E-state index is 6.06. The molecule has 3 nitrogen and oxygen atoms in total. The number of fused-ring (bicyclic) bond motifs is 10. The van der Waals surface area contributed by atoms with E-state index in [0.29, 0.717) is 0 Å². The fourth-order valence-corrected chi connectivity index (χ4v) is 4.51. The number of rotatable bonds is 0. The molecule has 0 bridgehead atoms. The van der Waals surface area contributed by atoms with Crippen molar-refractivity contribution in [3.05, 3.63) is 72.8 Å². The summed E-state index contributed by atoms with van der Waals surface area (Å²) >= 11 is 0. The van der Waals surface area contributed by atoms with Crippen LogP contribution in [-0.4, -0.2) is 9.97 Å². The molecule has 4 aromatic carbocycles. The Balaban J connectivity index is 1.68. The van der Waals surface area contributed by atoms with Gasteiger partial charge in [0.1, 0.15) is 11.2 Å². The Morgan fingerprint density at radius 1 is 0.481 bits per heavy atom. The van der Waals surface area contributed by atoms with Gasteiger partial charge in [-0.15, -0.1) is 0 Å². The molecule has 0 unspecified atom stereocenters. The summed E-state index contributed by atoms with van der Waals surface area (Å²) < 4.78 is 6.06. The normalized spacial score (nSPS) is 12.4. The Morgan fingerprint density at radius 2 is 1.19 bits per heavy atom. The third-order valence-corrected chi connectivity index (χ3v) is 5.75. The van der Waals surface area contributed by atoms with Crippen LogP contribution in [0, 0.1) is 0 Å². The second kappa shape index (κ2) is 4.51. The van der Waals surface area contributed by atoms with E-state index >= 15 is 0 Å². The zero-order valence-electron chi connectivity index (χ0n) is 14.3. The molecule has 0 saturated heterocycles. The lowest BCUT2D eigenvalue weighted by Gasteiger charge is -1.95.